The van der Waals surface area contributed by atoms with Gasteiger partial charge in [-0.05, 0) is 32.1 Å². The van der Waals surface area contributed by atoms with E-state index in [4.69, 9.17) is 9.47 Å². The Balaban J connectivity index is 2.12. The third-order valence-electron chi connectivity index (χ3n) is 2.73. The van der Waals surface area contributed by atoms with E-state index in [0.717, 1.165) is 19.1 Å². The minimum Gasteiger partial charge on any atom is -0.382 e. The second kappa shape index (κ2) is 5.55. The van der Waals surface area contributed by atoms with Crippen molar-refractivity contribution in [2.24, 2.45) is 5.92 Å². The molecule has 0 aromatic rings. The number of methoxy groups -OCH3 is 1. The van der Waals surface area contributed by atoms with Crippen LogP contribution < -0.4 is 0 Å². The number of rotatable bonds is 5. The molecule has 0 bridgehead atoms. The molecule has 1 fully saturated rings. The molecule has 1 rings (SSSR count). The zero-order valence-corrected chi connectivity index (χ0v) is 8.21. The molecule has 2 atom stereocenters. The van der Waals surface area contributed by atoms with Gasteiger partial charge in [0.1, 0.15) is 0 Å². The fourth-order valence-electron chi connectivity index (χ4n) is 2.02. The molecule has 2 heteroatoms. The van der Waals surface area contributed by atoms with Crippen molar-refractivity contribution in [3.63, 3.8) is 0 Å². The lowest BCUT2D eigenvalue weighted by molar-refractivity contribution is 0.0501. The summed E-state index contributed by atoms with van der Waals surface area (Å²) >= 11 is 0. The fraction of sp³-hybridized carbons (Fsp3) is 1.00. The molecule has 1 aliphatic carbocycles. The van der Waals surface area contributed by atoms with Crippen LogP contribution in [0.25, 0.3) is 0 Å². The molecular weight excluding hydrogens is 152 g/mol. The van der Waals surface area contributed by atoms with Crippen LogP contribution in [-0.2, 0) is 9.47 Å². The number of hydrogen-bond acceptors (Lipinski definition) is 2. The maximum Gasteiger partial charge on any atom is 0.0600 e. The molecule has 0 aromatic carbocycles. The molecule has 12 heavy (non-hydrogen) atoms. The summed E-state index contributed by atoms with van der Waals surface area (Å²) in [4.78, 5) is 0. The molecule has 0 aromatic heterocycles. The van der Waals surface area contributed by atoms with E-state index in [2.05, 4.69) is 0 Å². The van der Waals surface area contributed by atoms with Crippen LogP contribution in [0.5, 0.6) is 0 Å². The predicted molar refractivity (Wildman–Crippen MR) is 49.2 cm³/mol. The first-order chi connectivity index (χ1) is 5.88. The van der Waals surface area contributed by atoms with Crippen molar-refractivity contribution in [1.29, 1.82) is 0 Å². The maximum atomic E-state index is 5.40. The van der Waals surface area contributed by atoms with Crippen molar-refractivity contribution in [2.45, 2.75) is 38.7 Å². The highest BCUT2D eigenvalue weighted by atomic mass is 16.5. The van der Waals surface area contributed by atoms with E-state index in [1.165, 1.54) is 25.7 Å². The van der Waals surface area contributed by atoms with Crippen molar-refractivity contribution in [2.75, 3.05) is 20.3 Å². The molecule has 0 amide bonds. The molecule has 0 spiro atoms. The smallest absolute Gasteiger partial charge is 0.0600 e. The summed E-state index contributed by atoms with van der Waals surface area (Å²) in [7, 11) is 1.82. The highest BCUT2D eigenvalue weighted by Crippen LogP contribution is 2.30. The molecular formula is C10H20O2. The zero-order valence-electron chi connectivity index (χ0n) is 8.21. The first-order valence-corrected chi connectivity index (χ1v) is 4.99. The van der Waals surface area contributed by atoms with Gasteiger partial charge in [-0.1, -0.05) is 6.42 Å². The van der Waals surface area contributed by atoms with E-state index in [1.807, 2.05) is 14.0 Å². The van der Waals surface area contributed by atoms with Crippen molar-refractivity contribution < 1.29 is 9.47 Å². The van der Waals surface area contributed by atoms with Gasteiger partial charge >= 0.3 is 0 Å². The molecule has 0 radical (unpaired) electrons. The van der Waals surface area contributed by atoms with Crippen LogP contribution in [0.15, 0.2) is 0 Å². The Hall–Kier alpha value is -0.0800. The second-order valence-corrected chi connectivity index (χ2v) is 3.45. The van der Waals surface area contributed by atoms with Gasteiger partial charge in [0.25, 0.3) is 0 Å². The van der Waals surface area contributed by atoms with Crippen molar-refractivity contribution in [3.05, 3.63) is 0 Å². The number of ether oxygens (including phenoxy) is 2. The Morgan fingerprint density at radius 2 is 2.17 bits per heavy atom. The SMILES string of the molecule is CCOCC[C@@H]1CCC[C@@H]1OC. The Bertz CT molecular complexity index is 114. The highest BCUT2D eigenvalue weighted by Gasteiger charge is 2.26. The van der Waals surface area contributed by atoms with E-state index in [0.29, 0.717) is 6.10 Å². The number of hydrogen-bond donors (Lipinski definition) is 0. The molecule has 1 saturated carbocycles. The first-order valence-electron chi connectivity index (χ1n) is 4.99. The Morgan fingerprint density at radius 1 is 1.33 bits per heavy atom. The molecule has 0 aliphatic heterocycles. The van der Waals surface area contributed by atoms with Crippen molar-refractivity contribution in [3.8, 4) is 0 Å². The normalized spacial score (nSPS) is 29.5. The van der Waals surface area contributed by atoms with Crippen LogP contribution in [0.1, 0.15) is 32.6 Å². The summed E-state index contributed by atoms with van der Waals surface area (Å²) in [6, 6.07) is 0. The maximum absolute atomic E-state index is 5.40. The van der Waals surface area contributed by atoms with Crippen LogP contribution >= 0.6 is 0 Å². The quantitative estimate of drug-likeness (QED) is 0.592. The molecule has 0 heterocycles. The summed E-state index contributed by atoms with van der Waals surface area (Å²) in [5.41, 5.74) is 0. The van der Waals surface area contributed by atoms with Gasteiger partial charge < -0.3 is 9.47 Å². The molecule has 0 saturated heterocycles. The van der Waals surface area contributed by atoms with Gasteiger partial charge in [0, 0.05) is 20.3 Å². The minimum atomic E-state index is 0.505. The zero-order chi connectivity index (χ0) is 8.81. The van der Waals surface area contributed by atoms with Gasteiger partial charge in [0.05, 0.1) is 6.10 Å². The molecule has 2 nitrogen and oxygen atoms in total. The Kier molecular flexibility index (Phi) is 4.62. The van der Waals surface area contributed by atoms with E-state index < -0.39 is 0 Å². The molecule has 0 N–H and O–H groups in total. The highest BCUT2D eigenvalue weighted by molar-refractivity contribution is 4.77. The molecule has 1 aliphatic rings. The average molecular weight is 172 g/mol. The van der Waals surface area contributed by atoms with E-state index in [9.17, 15) is 0 Å². The summed E-state index contributed by atoms with van der Waals surface area (Å²) in [6.45, 7) is 3.79. The van der Waals surface area contributed by atoms with Crippen LogP contribution in [0.3, 0.4) is 0 Å². The first kappa shape index (κ1) is 10.0. The minimum absolute atomic E-state index is 0.505. The summed E-state index contributed by atoms with van der Waals surface area (Å²) in [5.74, 6) is 0.751. The van der Waals surface area contributed by atoms with Gasteiger partial charge in [-0.3, -0.25) is 0 Å². The van der Waals surface area contributed by atoms with Gasteiger partial charge in [-0.15, -0.1) is 0 Å². The predicted octanol–water partition coefficient (Wildman–Crippen LogP) is 2.23. The summed E-state index contributed by atoms with van der Waals surface area (Å²) in [6.07, 6.45) is 5.58. The van der Waals surface area contributed by atoms with Crippen LogP contribution in [0.4, 0.5) is 0 Å². The van der Waals surface area contributed by atoms with Gasteiger partial charge in [0.15, 0.2) is 0 Å². The van der Waals surface area contributed by atoms with Crippen LogP contribution in [-0.4, -0.2) is 26.4 Å². The Labute approximate surface area is 75.2 Å². The van der Waals surface area contributed by atoms with E-state index in [1.54, 1.807) is 0 Å². The van der Waals surface area contributed by atoms with Crippen LogP contribution in [0, 0.1) is 5.92 Å². The second-order valence-electron chi connectivity index (χ2n) is 3.45. The lowest BCUT2D eigenvalue weighted by Crippen LogP contribution is -2.17. The van der Waals surface area contributed by atoms with Crippen molar-refractivity contribution in [1.82, 2.24) is 0 Å². The summed E-state index contributed by atoms with van der Waals surface area (Å²) < 4.78 is 10.7. The average Bonchev–Trinajstić information content (AvgIpc) is 2.52. The summed E-state index contributed by atoms with van der Waals surface area (Å²) in [5, 5.41) is 0. The van der Waals surface area contributed by atoms with Gasteiger partial charge in [-0.25, -0.2) is 0 Å². The van der Waals surface area contributed by atoms with Gasteiger partial charge in [-0.2, -0.15) is 0 Å². The Morgan fingerprint density at radius 3 is 2.83 bits per heavy atom. The topological polar surface area (TPSA) is 18.5 Å². The molecule has 0 unspecified atom stereocenters. The lowest BCUT2D eigenvalue weighted by atomic mass is 10.0. The monoisotopic (exact) mass is 172 g/mol. The molecule has 72 valence electrons. The largest absolute Gasteiger partial charge is 0.382 e. The fourth-order valence-corrected chi connectivity index (χ4v) is 2.02. The van der Waals surface area contributed by atoms with E-state index >= 15 is 0 Å². The van der Waals surface area contributed by atoms with Crippen LogP contribution in [0.2, 0.25) is 0 Å². The lowest BCUT2D eigenvalue weighted by Gasteiger charge is -2.17. The standard InChI is InChI=1S/C10H20O2/c1-3-12-8-7-9-5-4-6-10(9)11-2/h9-10H,3-8H2,1-2H3/t9-,10-/m0/s1. The van der Waals surface area contributed by atoms with E-state index in [-0.39, 0.29) is 0 Å². The van der Waals surface area contributed by atoms with Crippen molar-refractivity contribution >= 4 is 0 Å². The third-order valence-corrected chi connectivity index (χ3v) is 2.73. The van der Waals surface area contributed by atoms with Gasteiger partial charge in [0.2, 0.25) is 0 Å². The third kappa shape index (κ3) is 2.76.